The summed E-state index contributed by atoms with van der Waals surface area (Å²) >= 11 is 0. The number of aryl methyl sites for hydroxylation is 1. The van der Waals surface area contributed by atoms with E-state index in [0.29, 0.717) is 18.8 Å². The first-order chi connectivity index (χ1) is 14.9. The number of hydrogen-bond acceptors (Lipinski definition) is 4. The molecule has 0 spiro atoms. The molecule has 1 heterocycles. The van der Waals surface area contributed by atoms with Crippen LogP contribution in [0.3, 0.4) is 0 Å². The third kappa shape index (κ3) is 5.91. The van der Waals surface area contributed by atoms with E-state index >= 15 is 0 Å². The average molecular weight is 427 g/mol. The fourth-order valence-corrected chi connectivity index (χ4v) is 4.72. The number of hydrogen-bond donors (Lipinski definition) is 2. The van der Waals surface area contributed by atoms with Crippen molar-refractivity contribution in [3.8, 4) is 11.5 Å². The van der Waals surface area contributed by atoms with Crippen molar-refractivity contribution in [1.82, 2.24) is 10.2 Å². The Kier molecular flexibility index (Phi) is 8.19. The van der Waals surface area contributed by atoms with Crippen LogP contribution >= 0.6 is 0 Å². The summed E-state index contributed by atoms with van der Waals surface area (Å²) in [6.45, 7) is 13.4. The quantitative estimate of drug-likeness (QED) is 0.444. The molecule has 0 saturated carbocycles. The summed E-state index contributed by atoms with van der Waals surface area (Å²) in [6, 6.07) is 3.83. The van der Waals surface area contributed by atoms with Crippen LogP contribution in [-0.2, 0) is 6.42 Å². The minimum absolute atomic E-state index is 0.0400. The van der Waals surface area contributed by atoms with Gasteiger partial charge in [0, 0.05) is 37.7 Å². The highest BCUT2D eigenvalue weighted by Crippen LogP contribution is 2.47. The molecule has 5 nitrogen and oxygen atoms in total. The van der Waals surface area contributed by atoms with Gasteiger partial charge in [0.1, 0.15) is 11.5 Å². The molecule has 5 heteroatoms. The molecule has 0 radical (unpaired) electrons. The third-order valence-electron chi connectivity index (χ3n) is 6.54. The average Bonchev–Trinajstić information content (AvgIpc) is 2.74. The number of allylic oxidation sites excluding steroid dienone is 3. The summed E-state index contributed by atoms with van der Waals surface area (Å²) in [5.74, 6) is 0.899. The van der Waals surface area contributed by atoms with Gasteiger partial charge < -0.3 is 20.1 Å². The summed E-state index contributed by atoms with van der Waals surface area (Å²) < 4.78 is 5.97. The second kappa shape index (κ2) is 10.9. The minimum atomic E-state index is -0.337. The van der Waals surface area contributed by atoms with E-state index in [2.05, 4.69) is 38.7 Å². The first-order valence-corrected chi connectivity index (χ1v) is 11.8. The van der Waals surface area contributed by atoms with Gasteiger partial charge in [-0.05, 0) is 63.1 Å². The van der Waals surface area contributed by atoms with Crippen LogP contribution < -0.4 is 10.1 Å². The molecule has 1 aromatic carbocycles. The van der Waals surface area contributed by atoms with Gasteiger partial charge in [0.25, 0.3) is 0 Å². The fourth-order valence-electron chi connectivity index (χ4n) is 4.72. The van der Waals surface area contributed by atoms with E-state index < -0.39 is 0 Å². The maximum atomic E-state index is 12.9. The van der Waals surface area contributed by atoms with Gasteiger partial charge in [-0.15, -0.1) is 0 Å². The van der Waals surface area contributed by atoms with Gasteiger partial charge in [0.05, 0.1) is 0 Å². The van der Waals surface area contributed by atoms with Gasteiger partial charge in [-0.25, -0.2) is 4.79 Å². The number of phenols is 1. The smallest absolute Gasteiger partial charge is 0.415 e. The van der Waals surface area contributed by atoms with Crippen molar-refractivity contribution in [3.05, 3.63) is 47.1 Å². The van der Waals surface area contributed by atoms with Gasteiger partial charge >= 0.3 is 6.09 Å². The van der Waals surface area contributed by atoms with Gasteiger partial charge in [-0.2, -0.15) is 0 Å². The number of nitrogens with one attached hydrogen (secondary N) is 1. The molecule has 1 aliphatic heterocycles. The number of amides is 1. The van der Waals surface area contributed by atoms with Crippen LogP contribution in [0.1, 0.15) is 69.9 Å². The van der Waals surface area contributed by atoms with Crippen molar-refractivity contribution >= 4 is 6.09 Å². The van der Waals surface area contributed by atoms with Crippen LogP contribution in [0.2, 0.25) is 0 Å². The molecular formula is C26H38N2O3. The van der Waals surface area contributed by atoms with Crippen LogP contribution in [0.5, 0.6) is 11.5 Å². The van der Waals surface area contributed by atoms with Gasteiger partial charge in [-0.3, -0.25) is 0 Å². The SMILES string of the molecule is C=C(C)[C@@H]1CCC(C)=C[C@H]1c1c(O)cc(CCCCC)cc1OC(=O)N1CCNCC1. The largest absolute Gasteiger partial charge is 0.507 e. The van der Waals surface area contributed by atoms with Crippen LogP contribution in [0, 0.1) is 5.92 Å². The van der Waals surface area contributed by atoms with Crippen LogP contribution in [-0.4, -0.2) is 42.3 Å². The maximum absolute atomic E-state index is 12.9. The minimum Gasteiger partial charge on any atom is -0.507 e. The van der Waals surface area contributed by atoms with E-state index in [1.165, 1.54) is 5.57 Å². The first-order valence-electron chi connectivity index (χ1n) is 11.8. The van der Waals surface area contributed by atoms with Crippen LogP contribution in [0.4, 0.5) is 4.79 Å². The van der Waals surface area contributed by atoms with E-state index in [0.717, 1.165) is 68.3 Å². The molecule has 0 aromatic heterocycles. The molecule has 3 rings (SSSR count). The van der Waals surface area contributed by atoms with Crippen molar-refractivity contribution < 1.29 is 14.6 Å². The first kappa shape index (κ1) is 23.4. The van der Waals surface area contributed by atoms with Crippen molar-refractivity contribution in [2.75, 3.05) is 26.2 Å². The predicted molar refractivity (Wildman–Crippen MR) is 126 cm³/mol. The van der Waals surface area contributed by atoms with Crippen molar-refractivity contribution in [3.63, 3.8) is 0 Å². The van der Waals surface area contributed by atoms with Crippen molar-refractivity contribution in [2.45, 2.75) is 65.2 Å². The zero-order valence-electron chi connectivity index (χ0n) is 19.4. The molecule has 170 valence electrons. The van der Waals surface area contributed by atoms with E-state index in [4.69, 9.17) is 4.74 Å². The Morgan fingerprint density at radius 3 is 2.71 bits per heavy atom. The molecule has 2 N–H and O–H groups in total. The van der Waals surface area contributed by atoms with Crippen LogP contribution in [0.25, 0.3) is 0 Å². The van der Waals surface area contributed by atoms with Gasteiger partial charge in [-0.1, -0.05) is 43.6 Å². The lowest BCUT2D eigenvalue weighted by Gasteiger charge is -2.32. The van der Waals surface area contributed by atoms with Crippen molar-refractivity contribution in [2.24, 2.45) is 5.92 Å². The Morgan fingerprint density at radius 2 is 2.03 bits per heavy atom. The Hall–Kier alpha value is -2.27. The lowest BCUT2D eigenvalue weighted by molar-refractivity contribution is 0.145. The highest BCUT2D eigenvalue weighted by Gasteiger charge is 2.32. The second-order valence-corrected chi connectivity index (χ2v) is 9.12. The van der Waals surface area contributed by atoms with E-state index in [-0.39, 0.29) is 23.7 Å². The van der Waals surface area contributed by atoms with Crippen LogP contribution in [0.15, 0.2) is 35.9 Å². The number of rotatable bonds is 7. The number of benzene rings is 1. The number of ether oxygens (including phenoxy) is 1. The zero-order valence-corrected chi connectivity index (χ0v) is 19.4. The molecular weight excluding hydrogens is 388 g/mol. The predicted octanol–water partition coefficient (Wildman–Crippen LogP) is 5.54. The number of nitrogens with zero attached hydrogens (tertiary/aromatic N) is 1. The topological polar surface area (TPSA) is 61.8 Å². The lowest BCUT2D eigenvalue weighted by atomic mass is 9.73. The zero-order chi connectivity index (χ0) is 22.4. The summed E-state index contributed by atoms with van der Waals surface area (Å²) in [7, 11) is 0. The normalized spacial score (nSPS) is 21.5. The van der Waals surface area contributed by atoms with E-state index in [1.807, 2.05) is 12.1 Å². The fraction of sp³-hybridized carbons (Fsp3) is 0.577. The molecule has 2 aliphatic rings. The number of aromatic hydroxyl groups is 1. The molecule has 0 bridgehead atoms. The Labute approximate surface area is 187 Å². The Balaban J connectivity index is 1.98. The molecule has 1 amide bonds. The summed E-state index contributed by atoms with van der Waals surface area (Å²) in [4.78, 5) is 14.7. The molecule has 1 aromatic rings. The number of carbonyl (C=O) groups is 1. The highest BCUT2D eigenvalue weighted by molar-refractivity contribution is 5.72. The molecule has 1 aliphatic carbocycles. The Bertz CT molecular complexity index is 824. The number of piperazine rings is 1. The highest BCUT2D eigenvalue weighted by atomic mass is 16.6. The van der Waals surface area contributed by atoms with E-state index in [9.17, 15) is 9.90 Å². The molecule has 1 saturated heterocycles. The number of phenolic OH excluding ortho intramolecular Hbond substituents is 1. The maximum Gasteiger partial charge on any atom is 0.415 e. The van der Waals surface area contributed by atoms with Gasteiger partial charge in [0.15, 0.2) is 0 Å². The standard InChI is InChI=1S/C26H38N2O3/c1-5-6-7-8-20-16-23(29)25(22-15-19(4)9-10-21(22)18(2)3)24(17-20)31-26(30)28-13-11-27-12-14-28/h15-17,21-22,27,29H,2,5-14H2,1,3-4H3/t21-,22+/m0/s1. The summed E-state index contributed by atoms with van der Waals surface area (Å²) in [5.41, 5.74) is 4.13. The van der Waals surface area contributed by atoms with Crippen molar-refractivity contribution in [1.29, 1.82) is 0 Å². The molecule has 0 unspecified atom stereocenters. The second-order valence-electron chi connectivity index (χ2n) is 9.12. The summed E-state index contributed by atoms with van der Waals surface area (Å²) in [6.07, 6.45) is 8.10. The summed E-state index contributed by atoms with van der Waals surface area (Å²) in [5, 5.41) is 14.4. The monoisotopic (exact) mass is 426 g/mol. The Morgan fingerprint density at radius 1 is 1.29 bits per heavy atom. The van der Waals surface area contributed by atoms with E-state index in [1.54, 1.807) is 4.90 Å². The number of unbranched alkanes of at least 4 members (excludes halogenated alkanes) is 2. The molecule has 2 atom stereocenters. The number of carbonyl (C=O) groups excluding carboxylic acids is 1. The molecule has 1 fully saturated rings. The third-order valence-corrected chi connectivity index (χ3v) is 6.54. The molecule has 31 heavy (non-hydrogen) atoms. The van der Waals surface area contributed by atoms with Gasteiger partial charge in [0.2, 0.25) is 0 Å². The lowest BCUT2D eigenvalue weighted by Crippen LogP contribution is -2.47.